The molecule has 2 aliphatic rings. The Morgan fingerprint density at radius 2 is 1.86 bits per heavy atom. The van der Waals surface area contributed by atoms with E-state index in [-0.39, 0.29) is 5.92 Å². The Balaban J connectivity index is 1.61. The Morgan fingerprint density at radius 1 is 1.14 bits per heavy atom. The first-order chi connectivity index (χ1) is 10.3. The number of piperazine rings is 1. The second-order valence-electron chi connectivity index (χ2n) is 6.29. The highest BCUT2D eigenvalue weighted by atomic mass is 15.3. The van der Waals surface area contributed by atoms with Crippen LogP contribution in [-0.2, 0) is 0 Å². The van der Waals surface area contributed by atoms with Gasteiger partial charge in [0.2, 0.25) is 5.95 Å². The lowest BCUT2D eigenvalue weighted by atomic mass is 9.79. The minimum Gasteiger partial charge on any atom is -0.338 e. The van der Waals surface area contributed by atoms with E-state index in [1.165, 1.54) is 12.8 Å². The molecule has 2 heterocycles. The standard InChI is InChI=1S/C16H23N5/c1-13-3-4-14(12-17)15(11-13)20-7-9-21(10-8-20)16-18-5-2-6-19-16/h2,5-6,13-15H,3-4,7-11H2,1H3. The fraction of sp³-hybridized carbons (Fsp3) is 0.688. The van der Waals surface area contributed by atoms with Crippen LogP contribution < -0.4 is 4.90 Å². The normalized spacial score (nSPS) is 30.9. The Morgan fingerprint density at radius 3 is 2.52 bits per heavy atom. The van der Waals surface area contributed by atoms with Crippen LogP contribution in [0.15, 0.2) is 18.5 Å². The third-order valence-electron chi connectivity index (χ3n) is 4.86. The van der Waals surface area contributed by atoms with Crippen molar-refractivity contribution in [3.8, 4) is 6.07 Å². The molecule has 1 aliphatic carbocycles. The molecule has 1 aromatic heterocycles. The number of anilines is 1. The van der Waals surface area contributed by atoms with Crippen LogP contribution in [-0.4, -0.2) is 47.1 Å². The quantitative estimate of drug-likeness (QED) is 0.831. The average Bonchev–Trinajstić information content (AvgIpc) is 2.56. The van der Waals surface area contributed by atoms with Crippen LogP contribution in [0.25, 0.3) is 0 Å². The van der Waals surface area contributed by atoms with Gasteiger partial charge in [0, 0.05) is 44.6 Å². The molecule has 1 aromatic rings. The van der Waals surface area contributed by atoms with Crippen LogP contribution in [0.5, 0.6) is 0 Å². The highest BCUT2D eigenvalue weighted by Crippen LogP contribution is 2.32. The van der Waals surface area contributed by atoms with Gasteiger partial charge in [-0.1, -0.05) is 6.92 Å². The number of hydrogen-bond donors (Lipinski definition) is 0. The molecule has 0 N–H and O–H groups in total. The molecule has 5 nitrogen and oxygen atoms in total. The topological polar surface area (TPSA) is 56.1 Å². The first-order valence-corrected chi connectivity index (χ1v) is 7.93. The summed E-state index contributed by atoms with van der Waals surface area (Å²) in [5.74, 6) is 1.78. The van der Waals surface area contributed by atoms with Gasteiger partial charge in [-0.15, -0.1) is 0 Å². The molecule has 0 bridgehead atoms. The van der Waals surface area contributed by atoms with Gasteiger partial charge in [0.25, 0.3) is 0 Å². The maximum atomic E-state index is 9.40. The van der Waals surface area contributed by atoms with Gasteiger partial charge in [-0.05, 0) is 31.2 Å². The fourth-order valence-electron chi connectivity index (χ4n) is 3.61. The summed E-state index contributed by atoms with van der Waals surface area (Å²) in [6, 6.07) is 4.82. The number of aromatic nitrogens is 2. The highest BCUT2D eigenvalue weighted by molar-refractivity contribution is 5.29. The van der Waals surface area contributed by atoms with Gasteiger partial charge in [0.05, 0.1) is 12.0 Å². The molecule has 0 spiro atoms. The van der Waals surface area contributed by atoms with E-state index in [1.54, 1.807) is 12.4 Å². The summed E-state index contributed by atoms with van der Waals surface area (Å²) in [6.07, 6.45) is 7.02. The van der Waals surface area contributed by atoms with Gasteiger partial charge < -0.3 is 4.90 Å². The van der Waals surface area contributed by atoms with Crippen molar-refractivity contribution < 1.29 is 0 Å². The monoisotopic (exact) mass is 285 g/mol. The van der Waals surface area contributed by atoms with Crippen molar-refractivity contribution >= 4 is 5.95 Å². The van der Waals surface area contributed by atoms with Crippen LogP contribution in [0.1, 0.15) is 26.2 Å². The summed E-state index contributed by atoms with van der Waals surface area (Å²) < 4.78 is 0. The first-order valence-electron chi connectivity index (χ1n) is 7.93. The van der Waals surface area contributed by atoms with E-state index in [0.29, 0.717) is 6.04 Å². The van der Waals surface area contributed by atoms with Crippen molar-refractivity contribution in [2.24, 2.45) is 11.8 Å². The molecule has 2 fully saturated rings. The predicted octanol–water partition coefficient (Wildman–Crippen LogP) is 1.93. The van der Waals surface area contributed by atoms with Crippen molar-refractivity contribution in [1.29, 1.82) is 5.26 Å². The number of hydrogen-bond acceptors (Lipinski definition) is 5. The zero-order valence-corrected chi connectivity index (χ0v) is 12.6. The van der Waals surface area contributed by atoms with Crippen LogP contribution >= 0.6 is 0 Å². The van der Waals surface area contributed by atoms with Gasteiger partial charge in [-0.25, -0.2) is 9.97 Å². The van der Waals surface area contributed by atoms with Crippen LogP contribution in [0.3, 0.4) is 0 Å². The molecule has 1 saturated carbocycles. The summed E-state index contributed by atoms with van der Waals surface area (Å²) in [4.78, 5) is 13.4. The van der Waals surface area contributed by atoms with Crippen molar-refractivity contribution in [3.05, 3.63) is 18.5 Å². The summed E-state index contributed by atoms with van der Waals surface area (Å²) in [6.45, 7) is 6.23. The molecule has 21 heavy (non-hydrogen) atoms. The van der Waals surface area contributed by atoms with Gasteiger partial charge in [0.1, 0.15) is 0 Å². The van der Waals surface area contributed by atoms with E-state index < -0.39 is 0 Å². The van der Waals surface area contributed by atoms with Crippen LogP contribution in [0.4, 0.5) is 5.95 Å². The summed E-state index contributed by atoms with van der Waals surface area (Å²) in [5, 5.41) is 9.40. The van der Waals surface area contributed by atoms with Crippen LogP contribution in [0.2, 0.25) is 0 Å². The Bertz CT molecular complexity index is 489. The molecule has 0 radical (unpaired) electrons. The van der Waals surface area contributed by atoms with Crippen molar-refractivity contribution in [3.63, 3.8) is 0 Å². The Hall–Kier alpha value is -1.67. The number of nitriles is 1. The van der Waals surface area contributed by atoms with Crippen molar-refractivity contribution in [2.75, 3.05) is 31.1 Å². The lowest BCUT2D eigenvalue weighted by Crippen LogP contribution is -2.53. The second kappa shape index (κ2) is 6.40. The molecule has 3 unspecified atom stereocenters. The molecule has 112 valence electrons. The SMILES string of the molecule is CC1CCC(C#N)C(N2CCN(c3ncccn3)CC2)C1. The van der Waals surface area contributed by atoms with E-state index in [1.807, 2.05) is 6.07 Å². The number of nitrogens with zero attached hydrogens (tertiary/aromatic N) is 5. The van der Waals surface area contributed by atoms with E-state index in [4.69, 9.17) is 0 Å². The molecule has 3 rings (SSSR count). The minimum absolute atomic E-state index is 0.209. The Labute approximate surface area is 126 Å². The smallest absolute Gasteiger partial charge is 0.225 e. The number of rotatable bonds is 2. The fourth-order valence-corrected chi connectivity index (χ4v) is 3.61. The summed E-state index contributed by atoms with van der Waals surface area (Å²) >= 11 is 0. The predicted molar refractivity (Wildman–Crippen MR) is 81.7 cm³/mol. The van der Waals surface area contributed by atoms with Gasteiger partial charge in [-0.3, -0.25) is 4.90 Å². The molecule has 1 aliphatic heterocycles. The molecule has 0 aromatic carbocycles. The summed E-state index contributed by atoms with van der Waals surface area (Å²) in [7, 11) is 0. The van der Waals surface area contributed by atoms with Gasteiger partial charge >= 0.3 is 0 Å². The zero-order chi connectivity index (χ0) is 14.7. The van der Waals surface area contributed by atoms with Gasteiger partial charge in [0.15, 0.2) is 0 Å². The second-order valence-corrected chi connectivity index (χ2v) is 6.29. The first kappa shape index (κ1) is 14.3. The molecule has 1 saturated heterocycles. The van der Waals surface area contributed by atoms with Gasteiger partial charge in [-0.2, -0.15) is 5.26 Å². The van der Waals surface area contributed by atoms with E-state index in [9.17, 15) is 5.26 Å². The highest BCUT2D eigenvalue weighted by Gasteiger charge is 2.34. The van der Waals surface area contributed by atoms with E-state index in [0.717, 1.165) is 44.5 Å². The van der Waals surface area contributed by atoms with Crippen LogP contribution in [0, 0.1) is 23.2 Å². The Kier molecular flexibility index (Phi) is 4.35. The molecule has 5 heteroatoms. The van der Waals surface area contributed by atoms with E-state index >= 15 is 0 Å². The maximum absolute atomic E-state index is 9.40. The van der Waals surface area contributed by atoms with Crippen molar-refractivity contribution in [1.82, 2.24) is 14.9 Å². The maximum Gasteiger partial charge on any atom is 0.225 e. The molecular formula is C16H23N5. The summed E-state index contributed by atoms with van der Waals surface area (Å²) in [5.41, 5.74) is 0. The minimum atomic E-state index is 0.209. The molecule has 3 atom stereocenters. The zero-order valence-electron chi connectivity index (χ0n) is 12.6. The largest absolute Gasteiger partial charge is 0.338 e. The third-order valence-corrected chi connectivity index (χ3v) is 4.86. The molecular weight excluding hydrogens is 262 g/mol. The molecule has 0 amide bonds. The lowest BCUT2D eigenvalue weighted by molar-refractivity contribution is 0.0992. The van der Waals surface area contributed by atoms with Crippen molar-refractivity contribution in [2.45, 2.75) is 32.2 Å². The lowest BCUT2D eigenvalue weighted by Gasteiger charge is -2.43. The average molecular weight is 285 g/mol. The van der Waals surface area contributed by atoms with E-state index in [2.05, 4.69) is 32.8 Å². The third kappa shape index (κ3) is 3.16.